The number of aliphatic hydroxyl groups is 1. The lowest BCUT2D eigenvalue weighted by Crippen LogP contribution is -2.42. The Labute approximate surface area is 155 Å². The molecule has 1 aromatic rings. The van der Waals surface area contributed by atoms with Gasteiger partial charge in [-0.15, -0.1) is 11.3 Å². The highest BCUT2D eigenvalue weighted by molar-refractivity contribution is 7.89. The zero-order chi connectivity index (χ0) is 19.2. The standard InChI is InChI=1S/C15H22N2O7S2/c1-23-15(20)13-12(3-8-25-13)26(21,22)17-5-7-24-10-11(9-17)14(19)16-4-2-6-18/h3,8,11,18H,2,4-7,9-10H2,1H3,(H,16,19). The lowest BCUT2D eigenvalue weighted by Gasteiger charge is -2.22. The molecule has 0 radical (unpaired) electrons. The third-order valence-corrected chi connectivity index (χ3v) is 6.78. The molecular formula is C15H22N2O7S2. The molecule has 146 valence electrons. The molecule has 1 amide bonds. The van der Waals surface area contributed by atoms with Crippen molar-refractivity contribution in [3.63, 3.8) is 0 Å². The minimum Gasteiger partial charge on any atom is -0.465 e. The molecule has 1 fully saturated rings. The van der Waals surface area contributed by atoms with Gasteiger partial charge in [-0.1, -0.05) is 0 Å². The second-order valence-electron chi connectivity index (χ2n) is 5.61. The summed E-state index contributed by atoms with van der Waals surface area (Å²) >= 11 is 0.984. The molecule has 0 saturated carbocycles. The van der Waals surface area contributed by atoms with E-state index in [4.69, 9.17) is 9.84 Å². The third-order valence-electron chi connectivity index (χ3n) is 3.85. The van der Waals surface area contributed by atoms with Gasteiger partial charge in [0.05, 0.1) is 26.2 Å². The third kappa shape index (κ3) is 4.80. The molecule has 1 aliphatic rings. The SMILES string of the molecule is COC(=O)c1sccc1S(=O)(=O)N1CCOCC(C(=O)NCCCO)C1. The molecular weight excluding hydrogens is 384 g/mol. The van der Waals surface area contributed by atoms with Crippen LogP contribution in [0, 0.1) is 5.92 Å². The molecule has 11 heteroatoms. The van der Waals surface area contributed by atoms with Crippen molar-refractivity contribution < 1.29 is 32.6 Å². The molecule has 0 bridgehead atoms. The van der Waals surface area contributed by atoms with E-state index in [0.29, 0.717) is 13.0 Å². The molecule has 2 rings (SSSR count). The van der Waals surface area contributed by atoms with Crippen molar-refractivity contribution >= 4 is 33.2 Å². The Morgan fingerprint density at radius 2 is 2.27 bits per heavy atom. The smallest absolute Gasteiger partial charge is 0.349 e. The van der Waals surface area contributed by atoms with Crippen molar-refractivity contribution in [3.05, 3.63) is 16.3 Å². The fourth-order valence-electron chi connectivity index (χ4n) is 2.47. The molecule has 1 aliphatic heterocycles. The number of carbonyl (C=O) groups is 2. The van der Waals surface area contributed by atoms with Crippen LogP contribution in [-0.2, 0) is 24.3 Å². The molecule has 2 heterocycles. The molecule has 2 N–H and O–H groups in total. The van der Waals surface area contributed by atoms with Crippen LogP contribution in [0.25, 0.3) is 0 Å². The zero-order valence-electron chi connectivity index (χ0n) is 14.3. The number of aliphatic hydroxyl groups excluding tert-OH is 1. The quantitative estimate of drug-likeness (QED) is 0.470. The Morgan fingerprint density at radius 1 is 1.50 bits per heavy atom. The van der Waals surface area contributed by atoms with Crippen LogP contribution in [0.3, 0.4) is 0 Å². The van der Waals surface area contributed by atoms with E-state index in [-0.39, 0.29) is 48.6 Å². The van der Waals surface area contributed by atoms with Crippen LogP contribution < -0.4 is 5.32 Å². The second kappa shape index (κ2) is 9.42. The first kappa shape index (κ1) is 20.8. The van der Waals surface area contributed by atoms with Crippen LogP contribution in [0.1, 0.15) is 16.1 Å². The summed E-state index contributed by atoms with van der Waals surface area (Å²) in [5, 5.41) is 12.9. The van der Waals surface area contributed by atoms with Crippen molar-refractivity contribution in [1.82, 2.24) is 9.62 Å². The number of nitrogens with one attached hydrogen (secondary N) is 1. The van der Waals surface area contributed by atoms with E-state index in [9.17, 15) is 18.0 Å². The topological polar surface area (TPSA) is 122 Å². The van der Waals surface area contributed by atoms with Crippen LogP contribution in [-0.4, -0.2) is 76.3 Å². The molecule has 1 saturated heterocycles. The van der Waals surface area contributed by atoms with Gasteiger partial charge in [0.25, 0.3) is 0 Å². The highest BCUT2D eigenvalue weighted by atomic mass is 32.2. The van der Waals surface area contributed by atoms with Crippen molar-refractivity contribution in [2.45, 2.75) is 11.3 Å². The Bertz CT molecular complexity index is 732. The summed E-state index contributed by atoms with van der Waals surface area (Å²) in [4.78, 5) is 23.9. The number of amides is 1. The fourth-order valence-corrected chi connectivity index (χ4v) is 5.25. The van der Waals surface area contributed by atoms with E-state index in [1.54, 1.807) is 0 Å². The van der Waals surface area contributed by atoms with Gasteiger partial charge in [0.2, 0.25) is 15.9 Å². The average molecular weight is 406 g/mol. The van der Waals surface area contributed by atoms with Gasteiger partial charge in [0, 0.05) is 26.2 Å². The minimum absolute atomic E-state index is 0.00149. The van der Waals surface area contributed by atoms with Gasteiger partial charge < -0.3 is 19.9 Å². The Kier molecular flexibility index (Phi) is 7.53. The molecule has 1 atom stereocenters. The number of carbonyl (C=O) groups excluding carboxylic acids is 2. The first-order valence-corrected chi connectivity index (χ1v) is 10.4. The van der Waals surface area contributed by atoms with E-state index in [2.05, 4.69) is 10.1 Å². The molecule has 26 heavy (non-hydrogen) atoms. The van der Waals surface area contributed by atoms with Gasteiger partial charge in [0.1, 0.15) is 9.77 Å². The van der Waals surface area contributed by atoms with Crippen LogP contribution in [0.5, 0.6) is 0 Å². The predicted octanol–water partition coefficient (Wildman–Crippen LogP) is -0.330. The van der Waals surface area contributed by atoms with E-state index in [1.807, 2.05) is 0 Å². The second-order valence-corrected chi connectivity index (χ2v) is 8.43. The number of ether oxygens (including phenoxy) is 2. The highest BCUT2D eigenvalue weighted by Gasteiger charge is 2.35. The number of hydrogen-bond acceptors (Lipinski definition) is 8. The summed E-state index contributed by atoms with van der Waals surface area (Å²) in [5.41, 5.74) is 0. The lowest BCUT2D eigenvalue weighted by atomic mass is 10.1. The maximum atomic E-state index is 13.0. The summed E-state index contributed by atoms with van der Waals surface area (Å²) < 4.78 is 37.1. The van der Waals surface area contributed by atoms with Gasteiger partial charge in [-0.2, -0.15) is 4.31 Å². The first-order chi connectivity index (χ1) is 12.4. The summed E-state index contributed by atoms with van der Waals surface area (Å²) in [7, 11) is -2.79. The maximum absolute atomic E-state index is 13.0. The number of methoxy groups -OCH3 is 1. The monoisotopic (exact) mass is 406 g/mol. The fraction of sp³-hybridized carbons (Fsp3) is 0.600. The Hall–Kier alpha value is -1.53. The van der Waals surface area contributed by atoms with Crippen LogP contribution in [0.2, 0.25) is 0 Å². The summed E-state index contributed by atoms with van der Waals surface area (Å²) in [6.45, 7) is 0.538. The number of sulfonamides is 1. The number of rotatable bonds is 7. The Balaban J connectivity index is 2.19. The molecule has 0 spiro atoms. The lowest BCUT2D eigenvalue weighted by molar-refractivity contribution is -0.126. The minimum atomic E-state index is -3.98. The van der Waals surface area contributed by atoms with Crippen molar-refractivity contribution in [3.8, 4) is 0 Å². The van der Waals surface area contributed by atoms with Crippen molar-refractivity contribution in [2.75, 3.05) is 46.6 Å². The number of thiophene rings is 1. The molecule has 1 aromatic heterocycles. The van der Waals surface area contributed by atoms with Gasteiger partial charge in [0.15, 0.2) is 0 Å². The highest BCUT2D eigenvalue weighted by Crippen LogP contribution is 2.27. The molecule has 1 unspecified atom stereocenters. The van der Waals surface area contributed by atoms with E-state index >= 15 is 0 Å². The van der Waals surface area contributed by atoms with Crippen molar-refractivity contribution in [2.24, 2.45) is 5.92 Å². The van der Waals surface area contributed by atoms with Gasteiger partial charge in [-0.3, -0.25) is 4.79 Å². The molecule has 0 aromatic carbocycles. The summed E-state index contributed by atoms with van der Waals surface area (Å²) in [6, 6.07) is 1.36. The van der Waals surface area contributed by atoms with Gasteiger partial charge in [-0.05, 0) is 17.9 Å². The predicted molar refractivity (Wildman–Crippen MR) is 93.4 cm³/mol. The first-order valence-electron chi connectivity index (χ1n) is 8.04. The molecule has 0 aliphatic carbocycles. The van der Waals surface area contributed by atoms with E-state index < -0.39 is 21.9 Å². The average Bonchev–Trinajstić information content (AvgIpc) is 2.99. The van der Waals surface area contributed by atoms with E-state index in [0.717, 1.165) is 15.6 Å². The van der Waals surface area contributed by atoms with Gasteiger partial charge >= 0.3 is 5.97 Å². The molecule has 9 nitrogen and oxygen atoms in total. The maximum Gasteiger partial charge on any atom is 0.349 e. The summed E-state index contributed by atoms with van der Waals surface area (Å²) in [5.74, 6) is -1.73. The van der Waals surface area contributed by atoms with E-state index in [1.165, 1.54) is 18.6 Å². The number of nitrogens with zero attached hydrogens (tertiary/aromatic N) is 1. The summed E-state index contributed by atoms with van der Waals surface area (Å²) in [6.07, 6.45) is 0.415. The Morgan fingerprint density at radius 3 is 2.96 bits per heavy atom. The van der Waals surface area contributed by atoms with Crippen LogP contribution in [0.4, 0.5) is 0 Å². The normalized spacial score (nSPS) is 18.9. The largest absolute Gasteiger partial charge is 0.465 e. The van der Waals surface area contributed by atoms with Crippen LogP contribution in [0.15, 0.2) is 16.3 Å². The zero-order valence-corrected chi connectivity index (χ0v) is 16.0. The van der Waals surface area contributed by atoms with Gasteiger partial charge in [-0.25, -0.2) is 13.2 Å². The van der Waals surface area contributed by atoms with Crippen LogP contribution >= 0.6 is 11.3 Å². The number of esters is 1. The van der Waals surface area contributed by atoms with Crippen molar-refractivity contribution in [1.29, 1.82) is 0 Å². The number of hydrogen-bond donors (Lipinski definition) is 2.